The lowest BCUT2D eigenvalue weighted by Gasteiger charge is -2.39. The minimum atomic E-state index is -1.72. The fourth-order valence-electron chi connectivity index (χ4n) is 3.20. The van der Waals surface area contributed by atoms with E-state index in [4.69, 9.17) is 9.16 Å². The summed E-state index contributed by atoms with van der Waals surface area (Å²) in [5.41, 5.74) is -2.26. The van der Waals surface area contributed by atoms with Gasteiger partial charge >= 0.3 is 6.09 Å². The zero-order chi connectivity index (χ0) is 21.2. The van der Waals surface area contributed by atoms with Crippen LogP contribution in [0, 0.1) is 11.3 Å². The Kier molecular flexibility index (Phi) is 7.27. The van der Waals surface area contributed by atoms with Crippen molar-refractivity contribution in [1.82, 2.24) is 10.2 Å². The predicted octanol–water partition coefficient (Wildman–Crippen LogP) is 2.69. The van der Waals surface area contributed by atoms with Gasteiger partial charge in [-0.05, 0) is 45.2 Å². The summed E-state index contributed by atoms with van der Waals surface area (Å²) in [5, 5.41) is 2.47. The summed E-state index contributed by atoms with van der Waals surface area (Å²) >= 11 is 0. The number of Topliss-reactive ketones (excluding diaryl/α,β-unsaturated/α-hetero) is 1. The molecule has 0 aromatic carbocycles. The molecule has 27 heavy (non-hydrogen) atoms. The van der Waals surface area contributed by atoms with Crippen LogP contribution < -0.4 is 5.32 Å². The molecular formula is C19H36N2O5Si. The lowest BCUT2D eigenvalue weighted by atomic mass is 9.78. The highest BCUT2D eigenvalue weighted by Gasteiger charge is 2.57. The molecule has 0 aliphatic carbocycles. The first kappa shape index (κ1) is 23.6. The molecule has 0 aromatic heterocycles. The van der Waals surface area contributed by atoms with Crippen LogP contribution in [0.5, 0.6) is 0 Å². The molecule has 0 bridgehead atoms. The number of ketones is 1. The molecule has 0 spiro atoms. The van der Waals surface area contributed by atoms with E-state index in [1.807, 2.05) is 13.1 Å². The lowest BCUT2D eigenvalue weighted by Crippen LogP contribution is -2.58. The van der Waals surface area contributed by atoms with Gasteiger partial charge in [-0.3, -0.25) is 14.5 Å². The summed E-state index contributed by atoms with van der Waals surface area (Å²) in [5.74, 6) is -0.733. The third-order valence-corrected chi connectivity index (χ3v) is 5.53. The molecule has 1 saturated heterocycles. The first-order chi connectivity index (χ1) is 12.1. The molecule has 1 aliphatic heterocycles. The molecule has 1 rings (SSSR count). The molecular weight excluding hydrogens is 364 g/mol. The van der Waals surface area contributed by atoms with Crippen LogP contribution in [0.1, 0.15) is 54.4 Å². The van der Waals surface area contributed by atoms with Crippen molar-refractivity contribution in [2.45, 2.75) is 78.8 Å². The average Bonchev–Trinajstić information content (AvgIpc) is 2.85. The van der Waals surface area contributed by atoms with Crippen LogP contribution in [0.15, 0.2) is 0 Å². The second-order valence-corrected chi connectivity index (χ2v) is 11.9. The van der Waals surface area contributed by atoms with E-state index in [0.29, 0.717) is 13.0 Å². The van der Waals surface area contributed by atoms with Gasteiger partial charge in [-0.15, -0.1) is 0 Å². The topological polar surface area (TPSA) is 84.9 Å². The fourth-order valence-corrected chi connectivity index (χ4v) is 4.33. The zero-order valence-electron chi connectivity index (χ0n) is 18.3. The Balaban J connectivity index is 3.38. The minimum Gasteiger partial charge on any atom is -0.444 e. The predicted molar refractivity (Wildman–Crippen MR) is 107 cm³/mol. The largest absolute Gasteiger partial charge is 0.444 e. The van der Waals surface area contributed by atoms with Crippen molar-refractivity contribution in [2.75, 3.05) is 13.6 Å². The van der Waals surface area contributed by atoms with E-state index < -0.39 is 32.4 Å². The van der Waals surface area contributed by atoms with E-state index in [1.165, 1.54) is 11.9 Å². The third kappa shape index (κ3) is 6.04. The van der Waals surface area contributed by atoms with Crippen LogP contribution in [-0.4, -0.2) is 56.6 Å². The molecule has 7 nitrogen and oxygen atoms in total. The van der Waals surface area contributed by atoms with Crippen LogP contribution >= 0.6 is 0 Å². The number of likely N-dealkylation sites (tertiary alicyclic amines) is 1. The Morgan fingerprint density at radius 1 is 1.15 bits per heavy atom. The Labute approximate surface area is 164 Å². The molecule has 1 aliphatic rings. The van der Waals surface area contributed by atoms with E-state index in [-0.39, 0.29) is 23.5 Å². The van der Waals surface area contributed by atoms with Gasteiger partial charge in [0.25, 0.3) is 0 Å². The van der Waals surface area contributed by atoms with Crippen molar-refractivity contribution in [3.8, 4) is 0 Å². The lowest BCUT2D eigenvalue weighted by molar-refractivity contribution is -0.151. The summed E-state index contributed by atoms with van der Waals surface area (Å²) in [7, 11) is -0.232. The number of carbonyl (C=O) groups is 3. The quantitative estimate of drug-likeness (QED) is 0.566. The summed E-state index contributed by atoms with van der Waals surface area (Å²) in [6.45, 7) is 15.9. The molecule has 1 heterocycles. The molecule has 0 unspecified atom stereocenters. The standard InChI is InChI=1S/C19H36N2O5Si/c1-17(2,3)13-11-19(26-27(8)9,14(22)10-15(23)20-7)21(12-13)16(24)25-18(4,5)6/h13,27H,10-12H2,1-9H3,(H,20,23)/t13-,19-/m0/s1. The SMILES string of the molecule is CNC(=O)CC(=O)[C@@]1(O[SiH](C)C)C[C@H](C(C)(C)C)CN1C(=O)OC(C)(C)C. The van der Waals surface area contributed by atoms with Crippen molar-refractivity contribution in [3.05, 3.63) is 0 Å². The van der Waals surface area contributed by atoms with Crippen LogP contribution in [0.3, 0.4) is 0 Å². The van der Waals surface area contributed by atoms with Gasteiger partial charge in [-0.2, -0.15) is 0 Å². The zero-order valence-corrected chi connectivity index (χ0v) is 19.4. The summed E-state index contributed by atoms with van der Waals surface area (Å²) in [6, 6.07) is 0. The number of nitrogens with one attached hydrogen (secondary N) is 1. The third-order valence-electron chi connectivity index (χ3n) is 4.67. The summed E-state index contributed by atoms with van der Waals surface area (Å²) in [4.78, 5) is 39.5. The minimum absolute atomic E-state index is 0.0476. The first-order valence-corrected chi connectivity index (χ1v) is 12.3. The van der Waals surface area contributed by atoms with E-state index in [9.17, 15) is 14.4 Å². The number of rotatable bonds is 5. The molecule has 0 saturated carbocycles. The van der Waals surface area contributed by atoms with Crippen LogP contribution in [0.4, 0.5) is 4.79 Å². The van der Waals surface area contributed by atoms with Gasteiger partial charge in [-0.1, -0.05) is 20.8 Å². The maximum absolute atomic E-state index is 13.2. The number of hydrogen-bond acceptors (Lipinski definition) is 5. The van der Waals surface area contributed by atoms with E-state index in [1.54, 1.807) is 20.8 Å². The maximum Gasteiger partial charge on any atom is 0.412 e. The van der Waals surface area contributed by atoms with Crippen molar-refractivity contribution >= 4 is 26.8 Å². The van der Waals surface area contributed by atoms with Gasteiger partial charge in [0.05, 0.1) is 6.42 Å². The molecule has 8 heteroatoms. The van der Waals surface area contributed by atoms with Crippen LogP contribution in [0.25, 0.3) is 0 Å². The van der Waals surface area contributed by atoms with Gasteiger partial charge < -0.3 is 14.5 Å². The van der Waals surface area contributed by atoms with E-state index in [2.05, 4.69) is 26.1 Å². The van der Waals surface area contributed by atoms with Gasteiger partial charge in [0.15, 0.2) is 20.5 Å². The second kappa shape index (κ2) is 8.30. The van der Waals surface area contributed by atoms with Gasteiger partial charge in [0, 0.05) is 20.0 Å². The highest BCUT2D eigenvalue weighted by atomic mass is 28.3. The summed E-state index contributed by atoms with van der Waals surface area (Å²) in [6.07, 6.45) is -0.529. The Bertz CT molecular complexity index is 580. The Morgan fingerprint density at radius 3 is 2.11 bits per heavy atom. The monoisotopic (exact) mass is 400 g/mol. The molecule has 0 aromatic rings. The van der Waals surface area contributed by atoms with Crippen LogP contribution in [-0.2, 0) is 18.8 Å². The highest BCUT2D eigenvalue weighted by molar-refractivity contribution is 6.48. The van der Waals surface area contributed by atoms with Gasteiger partial charge in [0.1, 0.15) is 5.60 Å². The summed E-state index contributed by atoms with van der Waals surface area (Å²) < 4.78 is 11.8. The fraction of sp³-hybridized carbons (Fsp3) is 0.842. The maximum atomic E-state index is 13.2. The van der Waals surface area contributed by atoms with Crippen molar-refractivity contribution in [2.24, 2.45) is 11.3 Å². The smallest absolute Gasteiger partial charge is 0.412 e. The first-order valence-electron chi connectivity index (χ1n) is 9.54. The molecule has 156 valence electrons. The van der Waals surface area contributed by atoms with Crippen LogP contribution in [0.2, 0.25) is 13.1 Å². The van der Waals surface area contributed by atoms with Crippen molar-refractivity contribution in [1.29, 1.82) is 0 Å². The molecule has 2 amide bonds. The van der Waals surface area contributed by atoms with Gasteiger partial charge in [0.2, 0.25) is 5.91 Å². The average molecular weight is 401 g/mol. The Morgan fingerprint density at radius 2 is 1.70 bits per heavy atom. The number of carbonyl (C=O) groups excluding carboxylic acids is 3. The molecule has 1 fully saturated rings. The number of ether oxygens (including phenoxy) is 1. The van der Waals surface area contributed by atoms with Crippen molar-refractivity contribution in [3.63, 3.8) is 0 Å². The number of amides is 2. The molecule has 0 radical (unpaired) electrons. The number of nitrogens with zero attached hydrogens (tertiary/aromatic N) is 1. The number of hydrogen-bond donors (Lipinski definition) is 1. The van der Waals surface area contributed by atoms with E-state index in [0.717, 1.165) is 0 Å². The Hall–Kier alpha value is -1.41. The molecule has 2 atom stereocenters. The van der Waals surface area contributed by atoms with Crippen molar-refractivity contribution < 1.29 is 23.5 Å². The van der Waals surface area contributed by atoms with E-state index >= 15 is 0 Å². The van der Waals surface area contributed by atoms with Gasteiger partial charge in [-0.25, -0.2) is 4.79 Å². The molecule has 1 N–H and O–H groups in total. The normalized spacial score (nSPS) is 23.5. The highest BCUT2D eigenvalue weighted by Crippen LogP contribution is 2.44. The second-order valence-electron chi connectivity index (χ2n) is 9.58.